The zero-order valence-corrected chi connectivity index (χ0v) is 10.4. The molecule has 0 aromatic rings. The van der Waals surface area contributed by atoms with Crippen molar-refractivity contribution >= 4 is 23.2 Å². The Morgan fingerprint density at radius 1 is 1.00 bits per heavy atom. The van der Waals surface area contributed by atoms with Gasteiger partial charge in [-0.15, -0.1) is 23.2 Å². The number of alkyl halides is 2. The van der Waals surface area contributed by atoms with Gasteiger partial charge >= 0.3 is 0 Å². The second-order valence-electron chi connectivity index (χ2n) is 3.97. The van der Waals surface area contributed by atoms with Crippen LogP contribution in [0, 0.1) is 0 Å². The van der Waals surface area contributed by atoms with Crippen LogP contribution >= 0.6 is 23.2 Å². The fourth-order valence-corrected chi connectivity index (χ4v) is 1.62. The van der Waals surface area contributed by atoms with Crippen molar-refractivity contribution in [3.8, 4) is 0 Å². The topological polar surface area (TPSA) is 0 Å². The first-order valence-electron chi connectivity index (χ1n) is 5.37. The molecule has 13 heavy (non-hydrogen) atoms. The van der Waals surface area contributed by atoms with Gasteiger partial charge in [0.1, 0.15) is 0 Å². The summed E-state index contributed by atoms with van der Waals surface area (Å²) in [4.78, 5) is 0.0342. The first-order valence-corrected chi connectivity index (χ1v) is 6.28. The molecule has 0 rings (SSSR count). The lowest BCUT2D eigenvalue weighted by atomic mass is 9.99. The molecule has 0 aliphatic heterocycles. The summed E-state index contributed by atoms with van der Waals surface area (Å²) < 4.78 is 0. The van der Waals surface area contributed by atoms with Crippen LogP contribution in [0.3, 0.4) is 0 Å². The van der Waals surface area contributed by atoms with Crippen LogP contribution in [0.1, 0.15) is 58.8 Å². The SMILES string of the molecule is CCC(C)(Cl)CCCCCCCCl. The van der Waals surface area contributed by atoms with Crippen molar-refractivity contribution in [2.75, 3.05) is 5.88 Å². The van der Waals surface area contributed by atoms with E-state index in [1.807, 2.05) is 0 Å². The zero-order valence-electron chi connectivity index (χ0n) is 8.91. The van der Waals surface area contributed by atoms with Crippen LogP contribution in [0.4, 0.5) is 0 Å². The fraction of sp³-hybridized carbons (Fsp3) is 1.00. The first-order chi connectivity index (χ1) is 6.12. The summed E-state index contributed by atoms with van der Waals surface area (Å²) in [6, 6.07) is 0. The maximum absolute atomic E-state index is 6.24. The summed E-state index contributed by atoms with van der Waals surface area (Å²) in [6.07, 6.45) is 8.52. The maximum Gasteiger partial charge on any atom is 0.0416 e. The van der Waals surface area contributed by atoms with Gasteiger partial charge in [0.05, 0.1) is 0 Å². The van der Waals surface area contributed by atoms with E-state index < -0.39 is 0 Å². The molecule has 0 aliphatic carbocycles. The van der Waals surface area contributed by atoms with E-state index in [4.69, 9.17) is 23.2 Å². The molecule has 0 aromatic carbocycles. The number of halogens is 2. The molecule has 0 spiro atoms. The van der Waals surface area contributed by atoms with Gasteiger partial charge in [0.2, 0.25) is 0 Å². The number of hydrogen-bond donors (Lipinski definition) is 0. The Labute approximate surface area is 93.0 Å². The van der Waals surface area contributed by atoms with Gasteiger partial charge in [-0.1, -0.05) is 32.6 Å². The Hall–Kier alpha value is 0.580. The minimum absolute atomic E-state index is 0.0342. The van der Waals surface area contributed by atoms with Gasteiger partial charge in [-0.25, -0.2) is 0 Å². The van der Waals surface area contributed by atoms with Gasteiger partial charge in [0.15, 0.2) is 0 Å². The van der Waals surface area contributed by atoms with Crippen LogP contribution in [0.15, 0.2) is 0 Å². The van der Waals surface area contributed by atoms with Gasteiger partial charge in [0.25, 0.3) is 0 Å². The molecule has 0 saturated heterocycles. The molecule has 80 valence electrons. The summed E-state index contributed by atoms with van der Waals surface area (Å²) in [6.45, 7) is 4.29. The van der Waals surface area contributed by atoms with Gasteiger partial charge in [0, 0.05) is 10.8 Å². The third-order valence-electron chi connectivity index (χ3n) is 2.57. The lowest BCUT2D eigenvalue weighted by Gasteiger charge is -2.19. The van der Waals surface area contributed by atoms with Crippen molar-refractivity contribution in [2.24, 2.45) is 0 Å². The second-order valence-corrected chi connectivity index (χ2v) is 5.26. The molecule has 0 N–H and O–H groups in total. The average Bonchev–Trinajstić information content (AvgIpc) is 2.11. The number of rotatable bonds is 8. The van der Waals surface area contributed by atoms with E-state index in [1.165, 1.54) is 25.7 Å². The zero-order chi connectivity index (χ0) is 10.2. The molecule has 0 fully saturated rings. The van der Waals surface area contributed by atoms with Crippen molar-refractivity contribution in [2.45, 2.75) is 63.7 Å². The summed E-state index contributed by atoms with van der Waals surface area (Å²) in [5.41, 5.74) is 0. The minimum atomic E-state index is 0.0342. The van der Waals surface area contributed by atoms with E-state index in [1.54, 1.807) is 0 Å². The van der Waals surface area contributed by atoms with E-state index in [-0.39, 0.29) is 4.87 Å². The van der Waals surface area contributed by atoms with E-state index in [9.17, 15) is 0 Å². The predicted octanol–water partition coefficient (Wildman–Crippen LogP) is 4.97. The quantitative estimate of drug-likeness (QED) is 0.404. The molecule has 0 aliphatic rings. The van der Waals surface area contributed by atoms with E-state index in [2.05, 4.69) is 13.8 Å². The second kappa shape index (κ2) is 7.94. The standard InChI is InChI=1S/C11H22Cl2/c1-3-11(2,13)9-7-5-4-6-8-10-12/h3-10H2,1-2H3. The van der Waals surface area contributed by atoms with Crippen molar-refractivity contribution < 1.29 is 0 Å². The average molecular weight is 225 g/mol. The molecular weight excluding hydrogens is 203 g/mol. The molecule has 0 bridgehead atoms. The summed E-state index contributed by atoms with van der Waals surface area (Å²) >= 11 is 11.8. The minimum Gasteiger partial charge on any atom is -0.127 e. The molecule has 0 nitrogen and oxygen atoms in total. The van der Waals surface area contributed by atoms with Gasteiger partial charge in [-0.3, -0.25) is 0 Å². The lowest BCUT2D eigenvalue weighted by Crippen LogP contribution is -2.13. The van der Waals surface area contributed by atoms with E-state index in [0.717, 1.165) is 25.1 Å². The van der Waals surface area contributed by atoms with E-state index >= 15 is 0 Å². The Morgan fingerprint density at radius 2 is 1.54 bits per heavy atom. The molecule has 2 heteroatoms. The summed E-state index contributed by atoms with van der Waals surface area (Å²) in [7, 11) is 0. The third-order valence-corrected chi connectivity index (χ3v) is 3.29. The lowest BCUT2D eigenvalue weighted by molar-refractivity contribution is 0.504. The van der Waals surface area contributed by atoms with Crippen LogP contribution in [-0.4, -0.2) is 10.8 Å². The maximum atomic E-state index is 6.24. The van der Waals surface area contributed by atoms with Crippen LogP contribution in [-0.2, 0) is 0 Å². The molecule has 0 aromatic heterocycles. The normalized spacial score (nSPS) is 15.7. The molecule has 0 radical (unpaired) electrons. The highest BCUT2D eigenvalue weighted by atomic mass is 35.5. The summed E-state index contributed by atoms with van der Waals surface area (Å²) in [5, 5.41) is 0. The van der Waals surface area contributed by atoms with Crippen LogP contribution in [0.25, 0.3) is 0 Å². The predicted molar refractivity (Wildman–Crippen MR) is 63.0 cm³/mol. The molecule has 0 amide bonds. The number of unbranched alkanes of at least 4 members (excludes halogenated alkanes) is 4. The van der Waals surface area contributed by atoms with Crippen molar-refractivity contribution in [3.05, 3.63) is 0 Å². The monoisotopic (exact) mass is 224 g/mol. The van der Waals surface area contributed by atoms with Crippen LogP contribution in [0.5, 0.6) is 0 Å². The van der Waals surface area contributed by atoms with Gasteiger partial charge in [-0.05, 0) is 26.2 Å². The summed E-state index contributed by atoms with van der Waals surface area (Å²) in [5.74, 6) is 0.808. The molecular formula is C11H22Cl2. The Morgan fingerprint density at radius 3 is 2.08 bits per heavy atom. The van der Waals surface area contributed by atoms with E-state index in [0.29, 0.717) is 0 Å². The first kappa shape index (κ1) is 13.6. The van der Waals surface area contributed by atoms with Crippen molar-refractivity contribution in [1.29, 1.82) is 0 Å². The molecule has 0 heterocycles. The number of hydrogen-bond acceptors (Lipinski definition) is 0. The van der Waals surface area contributed by atoms with Crippen molar-refractivity contribution in [1.82, 2.24) is 0 Å². The molecule has 0 saturated carbocycles. The Kier molecular flexibility index (Phi) is 8.29. The molecule has 1 unspecified atom stereocenters. The highest BCUT2D eigenvalue weighted by Gasteiger charge is 2.16. The van der Waals surface area contributed by atoms with Gasteiger partial charge in [-0.2, -0.15) is 0 Å². The third kappa shape index (κ3) is 8.90. The van der Waals surface area contributed by atoms with Crippen LogP contribution < -0.4 is 0 Å². The van der Waals surface area contributed by atoms with Crippen molar-refractivity contribution in [3.63, 3.8) is 0 Å². The Balaban J connectivity index is 3.16. The largest absolute Gasteiger partial charge is 0.127 e. The van der Waals surface area contributed by atoms with Crippen LogP contribution in [0.2, 0.25) is 0 Å². The van der Waals surface area contributed by atoms with Gasteiger partial charge < -0.3 is 0 Å². The highest BCUT2D eigenvalue weighted by Crippen LogP contribution is 2.25. The fourth-order valence-electron chi connectivity index (χ4n) is 1.30. The highest BCUT2D eigenvalue weighted by molar-refractivity contribution is 6.23. The smallest absolute Gasteiger partial charge is 0.0416 e. The molecule has 1 atom stereocenters. The Bertz CT molecular complexity index is 111.